The third-order valence-corrected chi connectivity index (χ3v) is 3.43. The number of hydrogen-bond acceptors (Lipinski definition) is 2. The minimum atomic E-state index is -4.27. The zero-order valence-electron chi connectivity index (χ0n) is 11.0. The average Bonchev–Trinajstić information content (AvgIpc) is 2.39. The summed E-state index contributed by atoms with van der Waals surface area (Å²) in [5.74, 6) is 0. The number of nitrogens with one attached hydrogen (secondary N) is 1. The fraction of sp³-hybridized carbons (Fsp3) is 0.571. The lowest BCUT2D eigenvalue weighted by atomic mass is 10.1. The van der Waals surface area contributed by atoms with Gasteiger partial charge in [-0.15, -0.1) is 0 Å². The van der Waals surface area contributed by atoms with Crippen LogP contribution in [0.4, 0.5) is 18.9 Å². The first-order valence-electron chi connectivity index (χ1n) is 6.66. The van der Waals surface area contributed by atoms with E-state index in [0.29, 0.717) is 11.7 Å². The van der Waals surface area contributed by atoms with Crippen LogP contribution in [0.2, 0.25) is 0 Å². The Balaban J connectivity index is 2.13. The maximum atomic E-state index is 12.7. The van der Waals surface area contributed by atoms with E-state index >= 15 is 0 Å². The largest absolute Gasteiger partial charge is 0.416 e. The van der Waals surface area contributed by atoms with Crippen molar-refractivity contribution in [3.8, 4) is 0 Å². The summed E-state index contributed by atoms with van der Waals surface area (Å²) in [6.07, 6.45) is -2.14. The number of anilines is 1. The third kappa shape index (κ3) is 3.62. The SMILES string of the molecule is CCCC1CN(c2cccc(C(F)(F)F)c2)CCN1. The summed E-state index contributed by atoms with van der Waals surface area (Å²) >= 11 is 0. The molecule has 0 radical (unpaired) electrons. The van der Waals surface area contributed by atoms with Crippen LogP contribution in [-0.4, -0.2) is 25.7 Å². The lowest BCUT2D eigenvalue weighted by Gasteiger charge is -2.35. The van der Waals surface area contributed by atoms with Crippen LogP contribution in [0, 0.1) is 0 Å². The molecule has 1 aromatic carbocycles. The first kappa shape index (κ1) is 14.2. The molecule has 2 rings (SSSR count). The van der Waals surface area contributed by atoms with Crippen molar-refractivity contribution in [1.82, 2.24) is 5.32 Å². The molecule has 0 amide bonds. The second kappa shape index (κ2) is 5.82. The van der Waals surface area contributed by atoms with Crippen molar-refractivity contribution < 1.29 is 13.2 Å². The quantitative estimate of drug-likeness (QED) is 0.908. The Morgan fingerprint density at radius 1 is 1.37 bits per heavy atom. The van der Waals surface area contributed by atoms with E-state index in [-0.39, 0.29) is 0 Å². The van der Waals surface area contributed by atoms with Gasteiger partial charge in [0.25, 0.3) is 0 Å². The molecule has 19 heavy (non-hydrogen) atoms. The minimum absolute atomic E-state index is 0.369. The predicted molar refractivity (Wildman–Crippen MR) is 70.4 cm³/mol. The molecule has 0 aromatic heterocycles. The van der Waals surface area contributed by atoms with Crippen molar-refractivity contribution in [3.05, 3.63) is 29.8 Å². The lowest BCUT2D eigenvalue weighted by Crippen LogP contribution is -2.50. The van der Waals surface area contributed by atoms with E-state index < -0.39 is 11.7 Å². The van der Waals surface area contributed by atoms with Gasteiger partial charge in [0.15, 0.2) is 0 Å². The topological polar surface area (TPSA) is 15.3 Å². The standard InChI is InChI=1S/C14H19F3N2/c1-2-4-12-10-19(8-7-18-12)13-6-3-5-11(9-13)14(15,16)17/h3,5-6,9,12,18H,2,4,7-8,10H2,1H3. The third-order valence-electron chi connectivity index (χ3n) is 3.43. The molecule has 1 heterocycles. The van der Waals surface area contributed by atoms with Gasteiger partial charge in [0.2, 0.25) is 0 Å². The monoisotopic (exact) mass is 272 g/mol. The van der Waals surface area contributed by atoms with E-state index in [1.165, 1.54) is 12.1 Å². The molecule has 106 valence electrons. The van der Waals surface area contributed by atoms with Gasteiger partial charge in [-0.2, -0.15) is 13.2 Å². The van der Waals surface area contributed by atoms with Crippen LogP contribution >= 0.6 is 0 Å². The summed E-state index contributed by atoms with van der Waals surface area (Å²) in [6, 6.07) is 5.97. The minimum Gasteiger partial charge on any atom is -0.369 e. The number of hydrogen-bond donors (Lipinski definition) is 1. The summed E-state index contributed by atoms with van der Waals surface area (Å²) in [6.45, 7) is 4.46. The molecule has 2 nitrogen and oxygen atoms in total. The highest BCUT2D eigenvalue weighted by Crippen LogP contribution is 2.31. The molecule has 1 atom stereocenters. The van der Waals surface area contributed by atoms with E-state index in [4.69, 9.17) is 0 Å². The molecule has 1 N–H and O–H groups in total. The predicted octanol–water partition coefficient (Wildman–Crippen LogP) is 3.28. The molecule has 1 aliphatic heterocycles. The smallest absolute Gasteiger partial charge is 0.369 e. The van der Waals surface area contributed by atoms with Gasteiger partial charge >= 0.3 is 6.18 Å². The van der Waals surface area contributed by atoms with Crippen molar-refractivity contribution in [2.24, 2.45) is 0 Å². The van der Waals surface area contributed by atoms with Gasteiger partial charge in [-0.05, 0) is 24.6 Å². The van der Waals surface area contributed by atoms with E-state index in [9.17, 15) is 13.2 Å². The van der Waals surface area contributed by atoms with E-state index in [1.54, 1.807) is 6.07 Å². The Kier molecular flexibility index (Phi) is 4.34. The van der Waals surface area contributed by atoms with E-state index in [0.717, 1.165) is 38.5 Å². The summed E-state index contributed by atoms with van der Waals surface area (Å²) in [5, 5.41) is 3.40. The Morgan fingerprint density at radius 2 is 2.16 bits per heavy atom. The molecule has 0 bridgehead atoms. The van der Waals surface area contributed by atoms with Gasteiger partial charge < -0.3 is 10.2 Å². The molecule has 0 saturated carbocycles. The Morgan fingerprint density at radius 3 is 2.84 bits per heavy atom. The molecule has 1 aliphatic rings. The highest BCUT2D eigenvalue weighted by Gasteiger charge is 2.31. The summed E-state index contributed by atoms with van der Waals surface area (Å²) in [5.41, 5.74) is 0.0907. The number of benzene rings is 1. The molecular weight excluding hydrogens is 253 g/mol. The normalized spacial score (nSPS) is 20.6. The van der Waals surface area contributed by atoms with Crippen molar-refractivity contribution >= 4 is 5.69 Å². The molecule has 1 aromatic rings. The number of rotatable bonds is 3. The van der Waals surface area contributed by atoms with E-state index in [2.05, 4.69) is 12.2 Å². The fourth-order valence-corrected chi connectivity index (χ4v) is 2.48. The summed E-state index contributed by atoms with van der Waals surface area (Å²) in [7, 11) is 0. The Bertz CT molecular complexity index is 415. The highest BCUT2D eigenvalue weighted by molar-refractivity contribution is 5.49. The number of piperazine rings is 1. The molecule has 0 aliphatic carbocycles. The summed E-state index contributed by atoms with van der Waals surface area (Å²) < 4.78 is 38.1. The van der Waals surface area contributed by atoms with Gasteiger partial charge in [0.05, 0.1) is 5.56 Å². The first-order chi connectivity index (χ1) is 9.00. The van der Waals surface area contributed by atoms with Crippen molar-refractivity contribution in [2.75, 3.05) is 24.5 Å². The van der Waals surface area contributed by atoms with Gasteiger partial charge in [0, 0.05) is 31.4 Å². The lowest BCUT2D eigenvalue weighted by molar-refractivity contribution is -0.137. The van der Waals surface area contributed by atoms with Gasteiger partial charge in [-0.1, -0.05) is 19.4 Å². The van der Waals surface area contributed by atoms with Gasteiger partial charge in [-0.25, -0.2) is 0 Å². The second-order valence-corrected chi connectivity index (χ2v) is 4.93. The maximum absolute atomic E-state index is 12.7. The highest BCUT2D eigenvalue weighted by atomic mass is 19.4. The number of halogens is 3. The first-order valence-corrected chi connectivity index (χ1v) is 6.66. The van der Waals surface area contributed by atoms with Gasteiger partial charge in [0.1, 0.15) is 0 Å². The molecule has 1 fully saturated rings. The number of nitrogens with zero attached hydrogens (tertiary/aromatic N) is 1. The van der Waals surface area contributed by atoms with Gasteiger partial charge in [-0.3, -0.25) is 0 Å². The maximum Gasteiger partial charge on any atom is 0.416 e. The number of alkyl halides is 3. The second-order valence-electron chi connectivity index (χ2n) is 4.93. The van der Waals surface area contributed by atoms with E-state index in [1.807, 2.05) is 4.90 Å². The van der Waals surface area contributed by atoms with Crippen molar-refractivity contribution in [1.29, 1.82) is 0 Å². The Hall–Kier alpha value is -1.23. The van der Waals surface area contributed by atoms with Crippen LogP contribution < -0.4 is 10.2 Å². The van der Waals surface area contributed by atoms with Crippen LogP contribution in [0.5, 0.6) is 0 Å². The summed E-state index contributed by atoms with van der Waals surface area (Å²) in [4.78, 5) is 2.03. The average molecular weight is 272 g/mol. The molecule has 5 heteroatoms. The van der Waals surface area contributed by atoms with Crippen LogP contribution in [-0.2, 0) is 6.18 Å². The van der Waals surface area contributed by atoms with Crippen LogP contribution in [0.15, 0.2) is 24.3 Å². The van der Waals surface area contributed by atoms with Crippen LogP contribution in [0.1, 0.15) is 25.3 Å². The zero-order chi connectivity index (χ0) is 13.9. The molecule has 1 unspecified atom stereocenters. The van der Waals surface area contributed by atoms with Crippen LogP contribution in [0.3, 0.4) is 0 Å². The zero-order valence-corrected chi connectivity index (χ0v) is 11.0. The van der Waals surface area contributed by atoms with Crippen molar-refractivity contribution in [3.63, 3.8) is 0 Å². The molecule has 1 saturated heterocycles. The van der Waals surface area contributed by atoms with Crippen molar-refractivity contribution in [2.45, 2.75) is 32.0 Å². The van der Waals surface area contributed by atoms with Crippen LogP contribution in [0.25, 0.3) is 0 Å². The Labute approximate surface area is 111 Å². The molecule has 0 spiro atoms. The fourth-order valence-electron chi connectivity index (χ4n) is 2.48. The molecular formula is C14H19F3N2.